The van der Waals surface area contributed by atoms with Gasteiger partial charge in [-0.1, -0.05) is 0 Å². The van der Waals surface area contributed by atoms with Crippen LogP contribution in [0.25, 0.3) is 0 Å². The van der Waals surface area contributed by atoms with Gasteiger partial charge in [-0.2, -0.15) is 0 Å². The zero-order valence-electron chi connectivity index (χ0n) is 8.06. The van der Waals surface area contributed by atoms with E-state index >= 15 is 0 Å². The largest absolute Gasteiger partial charge is 0.468 e. The first-order chi connectivity index (χ1) is 6.60. The van der Waals surface area contributed by atoms with Crippen LogP contribution in [0.2, 0.25) is 0 Å². The van der Waals surface area contributed by atoms with Crippen LogP contribution >= 0.6 is 0 Å². The lowest BCUT2D eigenvalue weighted by Gasteiger charge is -2.15. The number of rotatable bonds is 7. The van der Waals surface area contributed by atoms with Crippen molar-refractivity contribution in [3.05, 3.63) is 0 Å². The number of esters is 1. The number of carbonyl (C=O) groups excluding carboxylic acids is 1. The molecule has 0 spiro atoms. The van der Waals surface area contributed by atoms with Crippen LogP contribution in [-0.4, -0.2) is 55.4 Å². The molecule has 0 amide bonds. The van der Waals surface area contributed by atoms with Gasteiger partial charge in [0.25, 0.3) is 0 Å². The van der Waals surface area contributed by atoms with E-state index in [1.54, 1.807) is 0 Å². The molecule has 2 unspecified atom stereocenters. The normalized spacial score (nSPS) is 14.9. The first-order valence-corrected chi connectivity index (χ1v) is 4.20. The molecule has 0 aromatic carbocycles. The van der Waals surface area contributed by atoms with Gasteiger partial charge in [0.2, 0.25) is 0 Å². The van der Waals surface area contributed by atoms with E-state index in [9.17, 15) is 9.90 Å². The highest BCUT2D eigenvalue weighted by atomic mass is 16.5. The lowest BCUT2D eigenvalue weighted by Crippen LogP contribution is -2.46. The standard InChI is InChI=1S/C7H17N3O4/c1-14-7(13)4-10-6(12)3-9-5(11)2-8/h5-6,9-12H,2-4,8H2,1H3. The maximum atomic E-state index is 10.6. The number of carbonyl (C=O) groups is 1. The van der Waals surface area contributed by atoms with Crippen LogP contribution in [-0.2, 0) is 9.53 Å². The third kappa shape index (κ3) is 6.75. The predicted octanol–water partition coefficient (Wildman–Crippen LogP) is -3.07. The number of nitrogens with two attached hydrogens (primary N) is 1. The summed E-state index contributed by atoms with van der Waals surface area (Å²) in [6.45, 7) is 0.0666. The van der Waals surface area contributed by atoms with Gasteiger partial charge in [-0.15, -0.1) is 0 Å². The summed E-state index contributed by atoms with van der Waals surface area (Å²) in [5, 5.41) is 23.2. The van der Waals surface area contributed by atoms with Crippen LogP contribution in [0.3, 0.4) is 0 Å². The number of ether oxygens (including phenoxy) is 1. The van der Waals surface area contributed by atoms with E-state index in [0.29, 0.717) is 0 Å². The number of hydrogen-bond acceptors (Lipinski definition) is 7. The number of nitrogens with one attached hydrogen (secondary N) is 2. The maximum absolute atomic E-state index is 10.6. The molecule has 6 N–H and O–H groups in total. The van der Waals surface area contributed by atoms with Gasteiger partial charge in [-0.3, -0.25) is 15.4 Å². The fourth-order valence-corrected chi connectivity index (χ4v) is 0.676. The second kappa shape index (κ2) is 7.65. The minimum absolute atomic E-state index is 0.0592. The van der Waals surface area contributed by atoms with E-state index in [2.05, 4.69) is 15.4 Å². The SMILES string of the molecule is COC(=O)CNC(O)CNC(O)CN. The number of aliphatic hydroxyl groups excluding tert-OH is 2. The number of aliphatic hydroxyl groups is 2. The highest BCUT2D eigenvalue weighted by Gasteiger charge is 2.08. The van der Waals surface area contributed by atoms with Crippen molar-refractivity contribution < 1.29 is 19.7 Å². The molecule has 0 aromatic rings. The first-order valence-electron chi connectivity index (χ1n) is 4.20. The highest BCUT2D eigenvalue weighted by Crippen LogP contribution is 1.78. The van der Waals surface area contributed by atoms with Crippen LogP contribution in [0, 0.1) is 0 Å². The molecule has 7 heteroatoms. The van der Waals surface area contributed by atoms with Gasteiger partial charge in [-0.05, 0) is 0 Å². The molecule has 2 atom stereocenters. The average molecular weight is 207 g/mol. The summed E-state index contributed by atoms with van der Waals surface area (Å²) >= 11 is 0. The smallest absolute Gasteiger partial charge is 0.319 e. The van der Waals surface area contributed by atoms with Crippen molar-refractivity contribution in [2.24, 2.45) is 5.73 Å². The molecule has 0 aliphatic heterocycles. The molecule has 0 aromatic heterocycles. The quantitative estimate of drug-likeness (QED) is 0.222. The third-order valence-electron chi connectivity index (χ3n) is 1.48. The zero-order valence-corrected chi connectivity index (χ0v) is 8.06. The Morgan fingerprint density at radius 1 is 1.43 bits per heavy atom. The molecule has 0 heterocycles. The topological polar surface area (TPSA) is 117 Å². The zero-order chi connectivity index (χ0) is 11.0. The van der Waals surface area contributed by atoms with Crippen molar-refractivity contribution in [1.82, 2.24) is 10.6 Å². The molecule has 0 saturated carbocycles. The van der Waals surface area contributed by atoms with Crippen molar-refractivity contribution >= 4 is 5.97 Å². The number of methoxy groups -OCH3 is 1. The summed E-state index contributed by atoms with van der Waals surface area (Å²) in [4.78, 5) is 10.6. The molecule has 7 nitrogen and oxygen atoms in total. The van der Waals surface area contributed by atoms with Crippen molar-refractivity contribution in [3.63, 3.8) is 0 Å². The Bertz CT molecular complexity index is 167. The third-order valence-corrected chi connectivity index (χ3v) is 1.48. The lowest BCUT2D eigenvalue weighted by atomic mass is 10.4. The predicted molar refractivity (Wildman–Crippen MR) is 49.1 cm³/mol. The van der Waals surface area contributed by atoms with E-state index < -0.39 is 18.4 Å². The molecule has 0 rings (SSSR count). The Hall–Kier alpha value is -0.730. The second-order valence-corrected chi connectivity index (χ2v) is 2.63. The van der Waals surface area contributed by atoms with Crippen LogP contribution in [0.15, 0.2) is 0 Å². The molecule has 84 valence electrons. The van der Waals surface area contributed by atoms with Crippen molar-refractivity contribution in [2.75, 3.05) is 26.7 Å². The molecule has 0 bridgehead atoms. The summed E-state index contributed by atoms with van der Waals surface area (Å²) in [5.41, 5.74) is 5.11. The van der Waals surface area contributed by atoms with Gasteiger partial charge < -0.3 is 20.7 Å². The highest BCUT2D eigenvalue weighted by molar-refractivity contribution is 5.71. The Morgan fingerprint density at radius 3 is 2.57 bits per heavy atom. The molecule has 0 aliphatic carbocycles. The molecule has 0 aliphatic rings. The van der Waals surface area contributed by atoms with Crippen molar-refractivity contribution in [2.45, 2.75) is 12.5 Å². The number of hydrogen-bond donors (Lipinski definition) is 5. The van der Waals surface area contributed by atoms with Gasteiger partial charge in [0.05, 0.1) is 13.7 Å². The molecule has 14 heavy (non-hydrogen) atoms. The van der Waals surface area contributed by atoms with E-state index in [4.69, 9.17) is 10.8 Å². The van der Waals surface area contributed by atoms with Gasteiger partial charge in [0, 0.05) is 13.1 Å². The molecular weight excluding hydrogens is 190 g/mol. The first kappa shape index (κ1) is 13.3. The van der Waals surface area contributed by atoms with Crippen molar-refractivity contribution in [1.29, 1.82) is 0 Å². The molecule has 0 radical (unpaired) electrons. The average Bonchev–Trinajstić information content (AvgIpc) is 2.22. The monoisotopic (exact) mass is 207 g/mol. The minimum atomic E-state index is -0.935. The second-order valence-electron chi connectivity index (χ2n) is 2.63. The Labute approximate surface area is 82.2 Å². The van der Waals surface area contributed by atoms with E-state index in [1.807, 2.05) is 0 Å². The summed E-state index contributed by atoms with van der Waals surface area (Å²) in [7, 11) is 1.26. The van der Waals surface area contributed by atoms with E-state index in [0.717, 1.165) is 0 Å². The summed E-state index contributed by atoms with van der Waals surface area (Å²) in [5.74, 6) is -0.469. The fourth-order valence-electron chi connectivity index (χ4n) is 0.676. The van der Waals surface area contributed by atoms with Crippen LogP contribution < -0.4 is 16.4 Å². The molecular formula is C7H17N3O4. The van der Waals surface area contributed by atoms with Gasteiger partial charge in [-0.25, -0.2) is 0 Å². The Kier molecular flexibility index (Phi) is 7.25. The van der Waals surface area contributed by atoms with Gasteiger partial charge in [0.1, 0.15) is 12.5 Å². The van der Waals surface area contributed by atoms with Crippen LogP contribution in [0.4, 0.5) is 0 Å². The van der Waals surface area contributed by atoms with Crippen molar-refractivity contribution in [3.8, 4) is 0 Å². The fraction of sp³-hybridized carbons (Fsp3) is 0.857. The molecule has 0 fully saturated rings. The molecule has 0 saturated heterocycles. The van der Waals surface area contributed by atoms with Gasteiger partial charge >= 0.3 is 5.97 Å². The van der Waals surface area contributed by atoms with E-state index in [1.165, 1.54) is 7.11 Å². The summed E-state index contributed by atoms with van der Waals surface area (Å²) in [6, 6.07) is 0. The summed E-state index contributed by atoms with van der Waals surface area (Å²) in [6.07, 6.45) is -1.79. The maximum Gasteiger partial charge on any atom is 0.319 e. The minimum Gasteiger partial charge on any atom is -0.468 e. The Balaban J connectivity index is 3.45. The van der Waals surface area contributed by atoms with Crippen LogP contribution in [0.1, 0.15) is 0 Å². The Morgan fingerprint density at radius 2 is 2.07 bits per heavy atom. The van der Waals surface area contributed by atoms with Crippen LogP contribution in [0.5, 0.6) is 0 Å². The summed E-state index contributed by atoms with van der Waals surface area (Å²) < 4.78 is 4.35. The lowest BCUT2D eigenvalue weighted by molar-refractivity contribution is -0.140. The van der Waals surface area contributed by atoms with Gasteiger partial charge in [0.15, 0.2) is 0 Å². The van der Waals surface area contributed by atoms with E-state index in [-0.39, 0.29) is 19.6 Å².